The van der Waals surface area contributed by atoms with Gasteiger partial charge in [-0.3, -0.25) is 4.98 Å². The summed E-state index contributed by atoms with van der Waals surface area (Å²) in [5.41, 5.74) is 13.1. The minimum absolute atomic E-state index is 0. The number of nitrogens with zero attached hydrogens (tertiary/aromatic N) is 2. The van der Waals surface area contributed by atoms with E-state index in [2.05, 4.69) is 126 Å². The molecular weight excluding hydrogens is 916 g/mol. The number of aryl methyl sites for hydroxylation is 6. The van der Waals surface area contributed by atoms with Crippen molar-refractivity contribution in [2.45, 2.75) is 129 Å². The van der Waals surface area contributed by atoms with Crippen molar-refractivity contribution in [2.75, 3.05) is 0 Å². The molecule has 1 radical (unpaired) electrons. The molecule has 0 amide bonds. The quantitative estimate of drug-likeness (QED) is 0.126. The van der Waals surface area contributed by atoms with Crippen molar-refractivity contribution in [3.05, 3.63) is 125 Å². The number of benzene rings is 4. The molecule has 5 aromatic rings. The zero-order chi connectivity index (χ0) is 40.0. The SMILES string of the molecule is Cc1[c-]c(-c2ncc(-c3cc(C)ccc3C)nc2-c2cc(C)cc(C)c2)cc(C)c1.O=P(c1[c-]cccc1)(C12CC3CC(CC(C3)C1)C2)C12CC3CC(CC(C3)C1)C2.[Ir]. The molecule has 1 heterocycles. The summed E-state index contributed by atoms with van der Waals surface area (Å²) in [6, 6.07) is 32.9. The van der Waals surface area contributed by atoms with E-state index >= 15 is 4.57 Å². The second-order valence-corrected chi connectivity index (χ2v) is 24.1. The molecule has 0 unspecified atom stereocenters. The summed E-state index contributed by atoms with van der Waals surface area (Å²) in [7, 11) is -2.53. The van der Waals surface area contributed by atoms with Gasteiger partial charge in [-0.25, -0.2) is 0 Å². The van der Waals surface area contributed by atoms with E-state index in [-0.39, 0.29) is 30.4 Å². The molecule has 59 heavy (non-hydrogen) atoms. The summed E-state index contributed by atoms with van der Waals surface area (Å²) in [5.74, 6) is 5.23. The van der Waals surface area contributed by atoms with E-state index in [0.717, 1.165) is 74.8 Å². The Morgan fingerprint density at radius 3 is 1.66 bits per heavy atom. The minimum atomic E-state index is -2.53. The molecule has 0 atom stereocenters. The zero-order valence-electron chi connectivity index (χ0n) is 36.0. The van der Waals surface area contributed by atoms with Gasteiger partial charge in [0.1, 0.15) is 7.14 Å². The van der Waals surface area contributed by atoms with Crippen LogP contribution in [0.15, 0.2) is 79.0 Å². The van der Waals surface area contributed by atoms with E-state index in [0.29, 0.717) is 0 Å². The van der Waals surface area contributed by atoms with Gasteiger partial charge in [0.05, 0.1) is 11.4 Å². The Labute approximate surface area is 367 Å². The maximum atomic E-state index is 15.9. The van der Waals surface area contributed by atoms with Crippen molar-refractivity contribution < 1.29 is 24.7 Å². The van der Waals surface area contributed by atoms with Crippen molar-refractivity contribution in [3.8, 4) is 33.8 Å². The molecule has 3 nitrogen and oxygen atoms in total. The molecule has 5 heteroatoms. The fourth-order valence-electron chi connectivity index (χ4n) is 14.6. The molecule has 8 aliphatic rings. The molecule has 0 spiro atoms. The van der Waals surface area contributed by atoms with Crippen molar-refractivity contribution in [1.29, 1.82) is 0 Å². The summed E-state index contributed by atoms with van der Waals surface area (Å²) < 4.78 is 15.9. The Kier molecular flexibility index (Phi) is 10.9. The number of hydrogen-bond acceptors (Lipinski definition) is 3. The van der Waals surface area contributed by atoms with Crippen molar-refractivity contribution in [3.63, 3.8) is 0 Å². The molecule has 309 valence electrons. The Hall–Kier alpha value is -3.16. The van der Waals surface area contributed by atoms with Gasteiger partial charge in [0.2, 0.25) is 0 Å². The van der Waals surface area contributed by atoms with E-state index in [1.54, 1.807) is 0 Å². The third-order valence-corrected chi connectivity index (χ3v) is 20.4. The van der Waals surface area contributed by atoms with Crippen molar-refractivity contribution in [2.24, 2.45) is 35.5 Å². The first-order valence-corrected chi connectivity index (χ1v) is 24.2. The third-order valence-electron chi connectivity index (χ3n) is 15.7. The number of aromatic nitrogens is 2. The van der Waals surface area contributed by atoms with Crippen LogP contribution in [0.1, 0.15) is 110 Å². The average Bonchev–Trinajstić information content (AvgIpc) is 3.17. The molecule has 1 aromatic heterocycles. The first-order chi connectivity index (χ1) is 27.9. The topological polar surface area (TPSA) is 42.9 Å². The molecule has 13 rings (SSSR count). The van der Waals surface area contributed by atoms with Crippen LogP contribution in [0.5, 0.6) is 0 Å². The largest absolute Gasteiger partial charge is 0.320 e. The van der Waals surface area contributed by atoms with Gasteiger partial charge in [-0.2, -0.15) is 30.3 Å². The Morgan fingerprint density at radius 2 is 1.15 bits per heavy atom. The van der Waals surface area contributed by atoms with E-state index in [1.807, 2.05) is 6.20 Å². The molecule has 0 saturated heterocycles. The predicted molar refractivity (Wildman–Crippen MR) is 240 cm³/mol. The molecule has 4 aromatic carbocycles. The van der Waals surface area contributed by atoms with Gasteiger partial charge in [0.15, 0.2) is 0 Å². The van der Waals surface area contributed by atoms with Gasteiger partial charge < -0.3 is 9.55 Å². The van der Waals surface area contributed by atoms with Crippen molar-refractivity contribution in [1.82, 2.24) is 9.97 Å². The van der Waals surface area contributed by atoms with Crippen LogP contribution in [0.4, 0.5) is 0 Å². The molecule has 8 aliphatic carbocycles. The fourth-order valence-corrected chi connectivity index (χ4v) is 20.2. The maximum absolute atomic E-state index is 15.9. The van der Waals surface area contributed by atoms with Crippen LogP contribution < -0.4 is 5.30 Å². The van der Waals surface area contributed by atoms with Crippen LogP contribution in [0, 0.1) is 89.2 Å². The van der Waals surface area contributed by atoms with Gasteiger partial charge in [0.25, 0.3) is 0 Å². The third kappa shape index (κ3) is 7.30. The monoisotopic (exact) mass is 977 g/mol. The average molecular weight is 977 g/mol. The Balaban J connectivity index is 0.000000150. The Bertz CT molecular complexity index is 2280. The number of hydrogen-bond donors (Lipinski definition) is 0. The van der Waals surface area contributed by atoms with Crippen molar-refractivity contribution >= 4 is 12.4 Å². The van der Waals surface area contributed by atoms with Gasteiger partial charge in [-0.05, 0) is 157 Å². The van der Waals surface area contributed by atoms with E-state index < -0.39 is 7.14 Å². The normalized spacial score (nSPS) is 30.6. The minimum Gasteiger partial charge on any atom is -0.320 e. The molecule has 0 aliphatic heterocycles. The Morgan fingerprint density at radius 1 is 0.610 bits per heavy atom. The smallest absolute Gasteiger partial charge is 0.104 e. The van der Waals surface area contributed by atoms with Gasteiger partial charge >= 0.3 is 0 Å². The molecule has 0 N–H and O–H groups in total. The van der Waals surface area contributed by atoms with Crippen LogP contribution in [0.2, 0.25) is 0 Å². The molecular formula is C54H61IrN2OP-2. The second-order valence-electron chi connectivity index (χ2n) is 20.5. The van der Waals surface area contributed by atoms with Crippen LogP contribution >= 0.6 is 7.14 Å². The van der Waals surface area contributed by atoms with E-state index in [1.165, 1.54) is 110 Å². The number of rotatable bonds is 6. The predicted octanol–water partition coefficient (Wildman–Crippen LogP) is 13.5. The van der Waals surface area contributed by atoms with E-state index in [4.69, 9.17) is 9.97 Å². The summed E-state index contributed by atoms with van der Waals surface area (Å²) in [6.45, 7) is 12.7. The van der Waals surface area contributed by atoms with Crippen LogP contribution in [0.3, 0.4) is 0 Å². The van der Waals surface area contributed by atoms with Crippen LogP contribution in [-0.4, -0.2) is 20.3 Å². The summed E-state index contributed by atoms with van der Waals surface area (Å²) in [4.78, 5) is 10.1. The first kappa shape index (κ1) is 41.2. The second kappa shape index (κ2) is 15.6. The fraction of sp³-hybridized carbons (Fsp3) is 0.481. The van der Waals surface area contributed by atoms with Gasteiger partial charge in [-0.1, -0.05) is 60.9 Å². The summed E-state index contributed by atoms with van der Waals surface area (Å²) in [6.07, 6.45) is 18.2. The summed E-state index contributed by atoms with van der Waals surface area (Å²) in [5, 5.41) is 1.43. The van der Waals surface area contributed by atoms with Gasteiger partial charge in [-0.15, -0.1) is 40.2 Å². The molecule has 8 bridgehead atoms. The van der Waals surface area contributed by atoms with Crippen LogP contribution in [0.25, 0.3) is 33.8 Å². The first-order valence-electron chi connectivity index (χ1n) is 22.5. The van der Waals surface area contributed by atoms with E-state index in [9.17, 15) is 0 Å². The molecule has 8 saturated carbocycles. The van der Waals surface area contributed by atoms with Crippen LogP contribution in [-0.2, 0) is 24.7 Å². The van der Waals surface area contributed by atoms with Gasteiger partial charge in [0, 0.05) is 47.9 Å². The summed E-state index contributed by atoms with van der Waals surface area (Å²) >= 11 is 0. The molecule has 8 fully saturated rings. The zero-order valence-corrected chi connectivity index (χ0v) is 39.3. The standard InChI is InChI=1S/C28H27N2.C26H34OP.Ir/c1-17-7-8-22(6)25(15-17)26-16-29-27(23-11-18(2)9-19(3)12-23)28(30-26)24-13-20(4)10-21(5)14-24;27-28(24-4-2-1-3-5-24,25-12-18-6-19(13-25)8-20(7-18)14-25)26-15-21-9-22(16-26)11-23(10-21)17-26;/h7-11,13-16H,1-6H3;1-4,18-23H,6-17H2;/q2*-1;. The maximum Gasteiger partial charge on any atom is 0.104 e.